The van der Waals surface area contributed by atoms with Crippen molar-refractivity contribution in [3.63, 3.8) is 0 Å². The smallest absolute Gasteiger partial charge is 0.332 e. The number of rotatable bonds is 6. The summed E-state index contributed by atoms with van der Waals surface area (Å²) in [6.45, 7) is 7.07. The number of amides is 1. The number of hydrogen-bond donors (Lipinski definition) is 0. The van der Waals surface area contributed by atoms with E-state index in [-0.39, 0.29) is 30.6 Å². The Morgan fingerprint density at radius 3 is 2.50 bits per heavy atom. The summed E-state index contributed by atoms with van der Waals surface area (Å²) in [4.78, 5) is 42.2. The van der Waals surface area contributed by atoms with Crippen LogP contribution in [0.2, 0.25) is 0 Å². The molecule has 0 N–H and O–H groups in total. The van der Waals surface area contributed by atoms with Gasteiger partial charge in [0.1, 0.15) is 12.1 Å². The van der Waals surface area contributed by atoms with E-state index >= 15 is 0 Å². The number of nitrogens with zero attached hydrogens (tertiary/aromatic N) is 5. The third kappa shape index (κ3) is 3.89. The highest BCUT2D eigenvalue weighted by Crippen LogP contribution is 2.21. The molecule has 1 saturated heterocycles. The summed E-state index contributed by atoms with van der Waals surface area (Å²) in [5.74, 6) is -0.0755. The summed E-state index contributed by atoms with van der Waals surface area (Å²) in [7, 11) is 0. The molecule has 4 rings (SSSR count). The van der Waals surface area contributed by atoms with Gasteiger partial charge in [-0.25, -0.2) is 4.79 Å². The molecule has 3 heterocycles. The van der Waals surface area contributed by atoms with Gasteiger partial charge in [-0.3, -0.25) is 23.4 Å². The van der Waals surface area contributed by atoms with E-state index in [9.17, 15) is 14.4 Å². The molecule has 0 radical (unpaired) electrons. The van der Waals surface area contributed by atoms with E-state index in [1.165, 1.54) is 9.13 Å². The third-order valence-corrected chi connectivity index (χ3v) is 6.47. The summed E-state index contributed by atoms with van der Waals surface area (Å²) < 4.78 is 4.31. The average molecular weight is 438 g/mol. The van der Waals surface area contributed by atoms with E-state index in [4.69, 9.17) is 0 Å². The normalized spacial score (nSPS) is 16.6. The predicted octanol–water partition coefficient (Wildman–Crippen LogP) is 2.53. The zero-order valence-electron chi connectivity index (χ0n) is 19.1. The van der Waals surface area contributed by atoms with E-state index in [2.05, 4.69) is 12.0 Å². The quantitative estimate of drug-likeness (QED) is 0.593. The number of hydrogen-bond acceptors (Lipinski definition) is 4. The van der Waals surface area contributed by atoms with Gasteiger partial charge >= 0.3 is 5.69 Å². The number of benzene rings is 1. The topological polar surface area (TPSA) is 82.1 Å². The lowest BCUT2D eigenvalue weighted by molar-refractivity contribution is -0.135. The lowest BCUT2D eigenvalue weighted by Crippen LogP contribution is -2.48. The first kappa shape index (κ1) is 22.0. The Hall–Kier alpha value is -3.16. The molecule has 1 aliphatic heterocycles. The van der Waals surface area contributed by atoms with Crippen molar-refractivity contribution in [2.24, 2.45) is 0 Å². The van der Waals surface area contributed by atoms with Gasteiger partial charge in [-0.1, -0.05) is 37.3 Å². The summed E-state index contributed by atoms with van der Waals surface area (Å²) in [5.41, 5.74) is 1.43. The molecule has 32 heavy (non-hydrogen) atoms. The molecule has 1 aromatic carbocycles. The van der Waals surface area contributed by atoms with Crippen LogP contribution in [0.4, 0.5) is 0 Å². The fourth-order valence-electron chi connectivity index (χ4n) is 4.82. The lowest BCUT2D eigenvalue weighted by Gasteiger charge is -2.35. The van der Waals surface area contributed by atoms with Crippen molar-refractivity contribution in [3.05, 3.63) is 62.4 Å². The summed E-state index contributed by atoms with van der Waals surface area (Å²) >= 11 is 0. The van der Waals surface area contributed by atoms with Crippen LogP contribution < -0.4 is 11.2 Å². The molecule has 0 spiro atoms. The van der Waals surface area contributed by atoms with E-state index < -0.39 is 5.69 Å². The first-order valence-electron chi connectivity index (χ1n) is 11.5. The second-order valence-corrected chi connectivity index (χ2v) is 8.49. The van der Waals surface area contributed by atoms with Gasteiger partial charge in [0, 0.05) is 19.1 Å². The fraction of sp³-hybridized carbons (Fsp3) is 0.500. The molecule has 1 atom stereocenters. The molecule has 8 nitrogen and oxygen atoms in total. The van der Waals surface area contributed by atoms with Crippen molar-refractivity contribution in [2.75, 3.05) is 6.54 Å². The molecule has 170 valence electrons. The minimum Gasteiger partial charge on any atom is -0.338 e. The molecule has 0 unspecified atom stereocenters. The molecule has 1 fully saturated rings. The molecule has 1 aliphatic rings. The van der Waals surface area contributed by atoms with Gasteiger partial charge in [-0.05, 0) is 45.1 Å². The number of likely N-dealkylation sites (tertiary alicyclic amines) is 1. The van der Waals surface area contributed by atoms with Gasteiger partial charge in [-0.2, -0.15) is 5.10 Å². The zero-order chi connectivity index (χ0) is 22.8. The fourth-order valence-corrected chi connectivity index (χ4v) is 4.82. The molecular formula is C24H31N5O3. The van der Waals surface area contributed by atoms with Crippen molar-refractivity contribution in [2.45, 2.75) is 72.1 Å². The van der Waals surface area contributed by atoms with Crippen LogP contribution in [0.5, 0.6) is 0 Å². The van der Waals surface area contributed by atoms with Crippen LogP contribution in [0.3, 0.4) is 0 Å². The highest BCUT2D eigenvalue weighted by Gasteiger charge is 2.28. The maximum Gasteiger partial charge on any atom is 0.332 e. The van der Waals surface area contributed by atoms with Crippen molar-refractivity contribution >= 4 is 16.9 Å². The largest absolute Gasteiger partial charge is 0.338 e. The number of aryl methyl sites for hydroxylation is 2. The van der Waals surface area contributed by atoms with E-state index in [0.717, 1.165) is 31.2 Å². The van der Waals surface area contributed by atoms with Crippen molar-refractivity contribution in [1.82, 2.24) is 23.8 Å². The molecule has 8 heteroatoms. The Morgan fingerprint density at radius 1 is 1.06 bits per heavy atom. The second-order valence-electron chi connectivity index (χ2n) is 8.49. The monoisotopic (exact) mass is 437 g/mol. The Kier molecular flexibility index (Phi) is 6.30. The van der Waals surface area contributed by atoms with Crippen LogP contribution in [-0.2, 0) is 24.4 Å². The van der Waals surface area contributed by atoms with Crippen LogP contribution in [0.25, 0.3) is 11.0 Å². The minimum absolute atomic E-state index is 0.0755. The average Bonchev–Trinajstić information content (AvgIpc) is 3.16. The van der Waals surface area contributed by atoms with Crippen LogP contribution in [0.15, 0.2) is 39.9 Å². The van der Waals surface area contributed by atoms with Crippen molar-refractivity contribution in [3.8, 4) is 0 Å². The zero-order valence-corrected chi connectivity index (χ0v) is 19.1. The summed E-state index contributed by atoms with van der Waals surface area (Å²) in [6.07, 6.45) is 3.99. The Labute approximate surface area is 187 Å². The molecule has 0 saturated carbocycles. The Balaban J connectivity index is 1.85. The highest BCUT2D eigenvalue weighted by molar-refractivity contribution is 5.81. The van der Waals surface area contributed by atoms with Crippen LogP contribution in [0, 0.1) is 6.92 Å². The van der Waals surface area contributed by atoms with Gasteiger partial charge in [0.15, 0.2) is 5.52 Å². The Bertz CT molecular complexity index is 1240. The Morgan fingerprint density at radius 2 is 1.81 bits per heavy atom. The van der Waals surface area contributed by atoms with Crippen molar-refractivity contribution < 1.29 is 4.79 Å². The minimum atomic E-state index is -0.469. The number of fused-ring (bicyclic) bond motifs is 1. The van der Waals surface area contributed by atoms with E-state index in [1.54, 1.807) is 11.6 Å². The molecule has 3 aromatic rings. The maximum absolute atomic E-state index is 13.5. The number of aromatic nitrogens is 4. The first-order valence-corrected chi connectivity index (χ1v) is 11.5. The van der Waals surface area contributed by atoms with E-state index in [0.29, 0.717) is 29.8 Å². The molecule has 0 aliphatic carbocycles. The standard InChI is InChI=1S/C24H31N5O3/c1-4-19-13-9-10-14-26(19)20(30)16-27-21-17(3)25-29(5-2)22(21)23(31)28(24(27)32)15-18-11-7-6-8-12-18/h6-8,11-12,19H,4-5,9-10,13-16H2,1-3H3/t19-/m1/s1. The van der Waals surface area contributed by atoms with Gasteiger partial charge < -0.3 is 4.90 Å². The highest BCUT2D eigenvalue weighted by atomic mass is 16.2. The van der Waals surface area contributed by atoms with Gasteiger partial charge in [-0.15, -0.1) is 0 Å². The second kappa shape index (κ2) is 9.14. The van der Waals surface area contributed by atoms with E-state index in [1.807, 2.05) is 42.2 Å². The summed E-state index contributed by atoms with van der Waals surface area (Å²) in [6, 6.07) is 9.62. The van der Waals surface area contributed by atoms with Gasteiger partial charge in [0.25, 0.3) is 5.56 Å². The van der Waals surface area contributed by atoms with Gasteiger partial charge in [0.2, 0.25) is 5.91 Å². The van der Waals surface area contributed by atoms with Gasteiger partial charge in [0.05, 0.1) is 12.2 Å². The first-order chi connectivity index (χ1) is 15.5. The predicted molar refractivity (Wildman–Crippen MR) is 124 cm³/mol. The molecule has 0 bridgehead atoms. The SMILES string of the molecule is CC[C@@H]1CCCCN1C(=O)Cn1c(=O)n(Cc2ccccc2)c(=O)c2c1c(C)nn2CC. The van der Waals surface area contributed by atoms with Crippen LogP contribution in [-0.4, -0.2) is 42.3 Å². The lowest BCUT2D eigenvalue weighted by atomic mass is 10.00. The van der Waals surface area contributed by atoms with Crippen LogP contribution in [0.1, 0.15) is 50.8 Å². The third-order valence-electron chi connectivity index (χ3n) is 6.47. The summed E-state index contributed by atoms with van der Waals surface area (Å²) in [5, 5.41) is 4.49. The van der Waals surface area contributed by atoms with Crippen molar-refractivity contribution in [1.29, 1.82) is 0 Å². The molecule has 1 amide bonds. The number of carbonyl (C=O) groups is 1. The number of piperidine rings is 1. The maximum atomic E-state index is 13.5. The molecule has 2 aromatic heterocycles. The van der Waals surface area contributed by atoms with Crippen LogP contribution >= 0.6 is 0 Å². The molecular weight excluding hydrogens is 406 g/mol. The number of carbonyl (C=O) groups excluding carboxylic acids is 1.